The number of aromatic nitrogens is 1. The van der Waals surface area contributed by atoms with Crippen LogP contribution in [0.4, 0.5) is 0 Å². The number of rotatable bonds is 2. The number of hydrogen-bond donors (Lipinski definition) is 2. The Morgan fingerprint density at radius 2 is 2.21 bits per heavy atom. The molecule has 1 atom stereocenters. The molecule has 1 aromatic rings. The van der Waals surface area contributed by atoms with Gasteiger partial charge in [-0.1, -0.05) is 20.8 Å². The summed E-state index contributed by atoms with van der Waals surface area (Å²) in [4.78, 5) is 14.3. The Hall–Kier alpha value is -1.36. The highest BCUT2D eigenvalue weighted by atomic mass is 16.4. The van der Waals surface area contributed by atoms with Gasteiger partial charge in [0.05, 0.1) is 6.04 Å². The summed E-state index contributed by atoms with van der Waals surface area (Å²) in [5, 5.41) is 8.79. The summed E-state index contributed by atoms with van der Waals surface area (Å²) in [6.45, 7) is 5.73. The molecule has 0 amide bonds. The molecule has 14 heavy (non-hydrogen) atoms. The van der Waals surface area contributed by atoms with E-state index in [1.807, 2.05) is 20.8 Å². The first-order chi connectivity index (χ1) is 6.34. The van der Waals surface area contributed by atoms with Gasteiger partial charge in [0.2, 0.25) is 0 Å². The van der Waals surface area contributed by atoms with Gasteiger partial charge in [-0.3, -0.25) is 0 Å². The molecule has 1 heterocycles. The quantitative estimate of drug-likeness (QED) is 0.750. The number of hydrogen-bond acceptors (Lipinski definition) is 4. The first-order valence-corrected chi connectivity index (χ1v) is 4.26. The fraction of sp³-hybridized carbons (Fsp3) is 0.556. The minimum Gasteiger partial charge on any atom is -0.476 e. The maximum absolute atomic E-state index is 10.7. The molecule has 78 valence electrons. The standard InChI is InChI=1S/C9H14N2O3/c1-9(2,3)7(10)6-5(8(12)13)11-4-14-6/h4,7H,10H2,1-3H3,(H,12,13)/t7-/m0/s1. The lowest BCUT2D eigenvalue weighted by molar-refractivity contribution is 0.0686. The van der Waals surface area contributed by atoms with Gasteiger partial charge in [-0.25, -0.2) is 9.78 Å². The van der Waals surface area contributed by atoms with Gasteiger partial charge in [-0.15, -0.1) is 0 Å². The molecule has 0 aromatic carbocycles. The van der Waals surface area contributed by atoms with E-state index in [4.69, 9.17) is 15.3 Å². The van der Waals surface area contributed by atoms with Crippen LogP contribution < -0.4 is 5.73 Å². The van der Waals surface area contributed by atoms with Gasteiger partial charge in [0.15, 0.2) is 17.8 Å². The number of nitrogens with two attached hydrogens (primary N) is 1. The fourth-order valence-corrected chi connectivity index (χ4v) is 1.03. The van der Waals surface area contributed by atoms with Crippen LogP contribution in [-0.2, 0) is 0 Å². The molecular weight excluding hydrogens is 184 g/mol. The summed E-state index contributed by atoms with van der Waals surface area (Å²) in [7, 11) is 0. The Labute approximate surface area is 81.9 Å². The van der Waals surface area contributed by atoms with Crippen molar-refractivity contribution in [2.45, 2.75) is 26.8 Å². The first-order valence-electron chi connectivity index (χ1n) is 4.26. The van der Waals surface area contributed by atoms with E-state index in [9.17, 15) is 4.79 Å². The third-order valence-electron chi connectivity index (χ3n) is 2.01. The number of aromatic carboxylic acids is 1. The zero-order valence-electron chi connectivity index (χ0n) is 8.44. The van der Waals surface area contributed by atoms with Crippen molar-refractivity contribution in [1.82, 2.24) is 4.98 Å². The molecule has 0 aliphatic heterocycles. The smallest absolute Gasteiger partial charge is 0.358 e. The molecule has 3 N–H and O–H groups in total. The highest BCUT2D eigenvalue weighted by Gasteiger charge is 2.30. The molecule has 0 fully saturated rings. The molecule has 0 radical (unpaired) electrons. The van der Waals surface area contributed by atoms with Gasteiger partial charge in [0.1, 0.15) is 0 Å². The number of oxazole rings is 1. The third kappa shape index (κ3) is 1.93. The van der Waals surface area contributed by atoms with Gasteiger partial charge in [0.25, 0.3) is 0 Å². The van der Waals surface area contributed by atoms with E-state index >= 15 is 0 Å². The van der Waals surface area contributed by atoms with Crippen LogP contribution in [-0.4, -0.2) is 16.1 Å². The topological polar surface area (TPSA) is 89.4 Å². The Morgan fingerprint density at radius 1 is 1.64 bits per heavy atom. The highest BCUT2D eigenvalue weighted by Crippen LogP contribution is 2.31. The van der Waals surface area contributed by atoms with Crippen molar-refractivity contribution in [3.05, 3.63) is 17.8 Å². The van der Waals surface area contributed by atoms with Crippen LogP contribution in [0.2, 0.25) is 0 Å². The largest absolute Gasteiger partial charge is 0.476 e. The molecule has 1 aromatic heterocycles. The Balaban J connectivity index is 3.07. The summed E-state index contributed by atoms with van der Waals surface area (Å²) in [6, 6.07) is -0.476. The van der Waals surface area contributed by atoms with E-state index in [-0.39, 0.29) is 16.9 Å². The molecule has 5 heteroatoms. The predicted molar refractivity (Wildman–Crippen MR) is 49.8 cm³/mol. The van der Waals surface area contributed by atoms with Crippen LogP contribution in [0.5, 0.6) is 0 Å². The lowest BCUT2D eigenvalue weighted by Crippen LogP contribution is -2.27. The second kappa shape index (κ2) is 3.42. The van der Waals surface area contributed by atoms with Crippen molar-refractivity contribution in [2.24, 2.45) is 11.1 Å². The van der Waals surface area contributed by atoms with E-state index in [0.717, 1.165) is 6.39 Å². The number of carboxylic acids is 1. The minimum atomic E-state index is -1.12. The molecule has 5 nitrogen and oxygen atoms in total. The van der Waals surface area contributed by atoms with Crippen LogP contribution in [0.3, 0.4) is 0 Å². The fourth-order valence-electron chi connectivity index (χ4n) is 1.03. The third-order valence-corrected chi connectivity index (χ3v) is 2.01. The molecule has 0 unspecified atom stereocenters. The van der Waals surface area contributed by atoms with Crippen molar-refractivity contribution in [2.75, 3.05) is 0 Å². The zero-order chi connectivity index (χ0) is 10.9. The lowest BCUT2D eigenvalue weighted by Gasteiger charge is -2.24. The second-order valence-electron chi connectivity index (χ2n) is 4.21. The number of carbonyl (C=O) groups is 1. The Morgan fingerprint density at radius 3 is 2.64 bits per heavy atom. The monoisotopic (exact) mass is 198 g/mol. The molecule has 1 rings (SSSR count). The summed E-state index contributed by atoms with van der Waals surface area (Å²) >= 11 is 0. The Kier molecular flexibility index (Phi) is 2.62. The molecule has 0 saturated heterocycles. The van der Waals surface area contributed by atoms with Gasteiger partial charge in [-0.2, -0.15) is 0 Å². The van der Waals surface area contributed by atoms with Gasteiger partial charge < -0.3 is 15.3 Å². The van der Waals surface area contributed by atoms with Crippen LogP contribution in [0.15, 0.2) is 10.8 Å². The SMILES string of the molecule is CC(C)(C)[C@@H](N)c1ocnc1C(=O)O. The van der Waals surface area contributed by atoms with Crippen molar-refractivity contribution in [3.63, 3.8) is 0 Å². The molecule has 0 aliphatic rings. The van der Waals surface area contributed by atoms with Gasteiger partial charge in [-0.05, 0) is 5.41 Å². The van der Waals surface area contributed by atoms with E-state index in [2.05, 4.69) is 4.98 Å². The Bertz CT molecular complexity index is 338. The van der Waals surface area contributed by atoms with Crippen molar-refractivity contribution >= 4 is 5.97 Å². The van der Waals surface area contributed by atoms with Crippen molar-refractivity contribution < 1.29 is 14.3 Å². The van der Waals surface area contributed by atoms with E-state index in [1.165, 1.54) is 0 Å². The second-order valence-corrected chi connectivity index (χ2v) is 4.21. The molecule has 0 aliphatic carbocycles. The highest BCUT2D eigenvalue weighted by molar-refractivity contribution is 5.86. The van der Waals surface area contributed by atoms with Crippen molar-refractivity contribution in [3.8, 4) is 0 Å². The molecule has 0 bridgehead atoms. The van der Waals surface area contributed by atoms with Crippen LogP contribution >= 0.6 is 0 Å². The number of carboxylic acid groups (broad SMARTS) is 1. The zero-order valence-corrected chi connectivity index (χ0v) is 8.44. The van der Waals surface area contributed by atoms with Gasteiger partial charge >= 0.3 is 5.97 Å². The number of nitrogens with zero attached hydrogens (tertiary/aromatic N) is 1. The van der Waals surface area contributed by atoms with Gasteiger partial charge in [0, 0.05) is 0 Å². The van der Waals surface area contributed by atoms with Crippen molar-refractivity contribution in [1.29, 1.82) is 0 Å². The molecular formula is C9H14N2O3. The average Bonchev–Trinajstić information content (AvgIpc) is 2.48. The molecule has 0 saturated carbocycles. The first kappa shape index (κ1) is 10.7. The predicted octanol–water partition coefficient (Wildman–Crippen LogP) is 1.42. The van der Waals surface area contributed by atoms with Crippen LogP contribution in [0.1, 0.15) is 43.1 Å². The van der Waals surface area contributed by atoms with E-state index < -0.39 is 12.0 Å². The normalized spacial score (nSPS) is 14.0. The average molecular weight is 198 g/mol. The summed E-state index contributed by atoms with van der Waals surface area (Å²) in [6.07, 6.45) is 1.10. The molecule has 0 spiro atoms. The van der Waals surface area contributed by atoms with Crippen LogP contribution in [0, 0.1) is 5.41 Å². The lowest BCUT2D eigenvalue weighted by atomic mass is 9.85. The van der Waals surface area contributed by atoms with E-state index in [1.54, 1.807) is 0 Å². The summed E-state index contributed by atoms with van der Waals surface area (Å²) in [5.74, 6) is -0.890. The minimum absolute atomic E-state index is 0.104. The maximum atomic E-state index is 10.7. The summed E-state index contributed by atoms with van der Waals surface area (Å²) in [5.41, 5.74) is 5.49. The maximum Gasteiger partial charge on any atom is 0.358 e. The summed E-state index contributed by atoms with van der Waals surface area (Å²) < 4.78 is 5.00. The van der Waals surface area contributed by atoms with Crippen LogP contribution in [0.25, 0.3) is 0 Å². The van der Waals surface area contributed by atoms with E-state index in [0.29, 0.717) is 0 Å².